The molecule has 0 bridgehead atoms. The summed E-state index contributed by atoms with van der Waals surface area (Å²) in [6, 6.07) is 5.67. The molecule has 2 amide bonds. The van der Waals surface area contributed by atoms with E-state index in [1.165, 1.54) is 11.3 Å². The minimum Gasteiger partial charge on any atom is -0.495 e. The topological polar surface area (TPSA) is 63.9 Å². The smallest absolute Gasteiger partial charge is 0.253 e. The SMILES string of the molecule is COc1ccc(C)cc1N1CC(C(=O)N=c2sccn2C)CC1=O. The predicted molar refractivity (Wildman–Crippen MR) is 92.1 cm³/mol. The summed E-state index contributed by atoms with van der Waals surface area (Å²) in [6.45, 7) is 2.29. The molecule has 0 radical (unpaired) electrons. The number of thiazole rings is 1. The lowest BCUT2D eigenvalue weighted by molar-refractivity contribution is -0.123. The number of nitrogens with zero attached hydrogens (tertiary/aromatic N) is 3. The highest BCUT2D eigenvalue weighted by atomic mass is 32.1. The maximum absolute atomic E-state index is 12.4. The van der Waals surface area contributed by atoms with Crippen molar-refractivity contribution in [3.05, 3.63) is 40.1 Å². The molecule has 0 spiro atoms. The fraction of sp³-hybridized carbons (Fsp3) is 0.353. The highest BCUT2D eigenvalue weighted by molar-refractivity contribution is 7.07. The third-order valence-electron chi connectivity index (χ3n) is 4.06. The average molecular weight is 345 g/mol. The fourth-order valence-corrected chi connectivity index (χ4v) is 3.47. The number of ether oxygens (including phenoxy) is 1. The highest BCUT2D eigenvalue weighted by Crippen LogP contribution is 2.34. The first-order valence-electron chi connectivity index (χ1n) is 7.63. The summed E-state index contributed by atoms with van der Waals surface area (Å²) in [5, 5.41) is 1.87. The van der Waals surface area contributed by atoms with E-state index in [2.05, 4.69) is 4.99 Å². The molecule has 126 valence electrons. The van der Waals surface area contributed by atoms with Crippen LogP contribution in [0.25, 0.3) is 0 Å². The molecule has 2 heterocycles. The monoisotopic (exact) mass is 345 g/mol. The van der Waals surface area contributed by atoms with Gasteiger partial charge in [-0.1, -0.05) is 6.07 Å². The molecule has 6 nitrogen and oxygen atoms in total. The van der Waals surface area contributed by atoms with Crippen LogP contribution < -0.4 is 14.4 Å². The van der Waals surface area contributed by atoms with Gasteiger partial charge in [0.1, 0.15) is 5.75 Å². The molecule has 1 saturated heterocycles. The van der Waals surface area contributed by atoms with Crippen LogP contribution in [-0.4, -0.2) is 30.0 Å². The number of carbonyl (C=O) groups is 2. The fourth-order valence-electron chi connectivity index (χ4n) is 2.74. The van der Waals surface area contributed by atoms with E-state index < -0.39 is 5.92 Å². The molecule has 1 aromatic heterocycles. The molecule has 1 aromatic carbocycles. The second kappa shape index (κ2) is 6.60. The van der Waals surface area contributed by atoms with Crippen LogP contribution >= 0.6 is 11.3 Å². The molecule has 3 rings (SSSR count). The van der Waals surface area contributed by atoms with Crippen LogP contribution in [0.1, 0.15) is 12.0 Å². The van der Waals surface area contributed by atoms with Gasteiger partial charge in [-0.15, -0.1) is 11.3 Å². The summed E-state index contributed by atoms with van der Waals surface area (Å²) in [6.07, 6.45) is 2.02. The Bertz CT molecular complexity index is 853. The molecule has 0 N–H and O–H groups in total. The van der Waals surface area contributed by atoms with Crippen molar-refractivity contribution < 1.29 is 14.3 Å². The number of amides is 2. The van der Waals surface area contributed by atoms with E-state index in [1.54, 1.807) is 16.6 Å². The van der Waals surface area contributed by atoms with Gasteiger partial charge >= 0.3 is 0 Å². The number of hydrogen-bond donors (Lipinski definition) is 0. The van der Waals surface area contributed by atoms with Gasteiger partial charge in [-0.05, 0) is 24.6 Å². The normalized spacial score (nSPS) is 18.3. The summed E-state index contributed by atoms with van der Waals surface area (Å²) >= 11 is 1.40. The Morgan fingerprint density at radius 3 is 2.88 bits per heavy atom. The van der Waals surface area contributed by atoms with Gasteiger partial charge in [0.15, 0.2) is 4.80 Å². The number of rotatable bonds is 3. The summed E-state index contributed by atoms with van der Waals surface area (Å²) in [5.41, 5.74) is 1.74. The van der Waals surface area contributed by atoms with Gasteiger partial charge in [0.05, 0.1) is 18.7 Å². The molecule has 2 aromatic rings. The van der Waals surface area contributed by atoms with Crippen LogP contribution in [0.4, 0.5) is 5.69 Å². The van der Waals surface area contributed by atoms with E-state index in [-0.39, 0.29) is 18.2 Å². The third-order valence-corrected chi connectivity index (χ3v) is 4.91. The number of carbonyl (C=O) groups excluding carboxylic acids is 2. The van der Waals surface area contributed by atoms with Crippen LogP contribution in [-0.2, 0) is 16.6 Å². The number of benzene rings is 1. The Morgan fingerprint density at radius 2 is 2.21 bits per heavy atom. The lowest BCUT2D eigenvalue weighted by Gasteiger charge is -2.19. The van der Waals surface area contributed by atoms with Crippen LogP contribution in [0.5, 0.6) is 5.75 Å². The molecule has 0 saturated carbocycles. The zero-order valence-corrected chi connectivity index (χ0v) is 14.7. The van der Waals surface area contributed by atoms with Crippen molar-refractivity contribution in [3.63, 3.8) is 0 Å². The second-order valence-electron chi connectivity index (χ2n) is 5.83. The van der Waals surface area contributed by atoms with Crippen molar-refractivity contribution in [2.24, 2.45) is 18.0 Å². The van der Waals surface area contributed by atoms with Gasteiger partial charge in [-0.3, -0.25) is 9.59 Å². The zero-order valence-electron chi connectivity index (χ0n) is 13.9. The number of methoxy groups -OCH3 is 1. The van der Waals surface area contributed by atoms with E-state index in [1.807, 2.05) is 43.7 Å². The van der Waals surface area contributed by atoms with E-state index in [0.29, 0.717) is 22.8 Å². The van der Waals surface area contributed by atoms with Crippen LogP contribution in [0, 0.1) is 12.8 Å². The summed E-state index contributed by atoms with van der Waals surface area (Å²) < 4.78 is 7.15. The summed E-state index contributed by atoms with van der Waals surface area (Å²) in [7, 11) is 3.41. The predicted octanol–water partition coefficient (Wildman–Crippen LogP) is 1.88. The van der Waals surface area contributed by atoms with Crippen molar-refractivity contribution in [1.82, 2.24) is 4.57 Å². The van der Waals surface area contributed by atoms with Crippen molar-refractivity contribution in [1.29, 1.82) is 0 Å². The Balaban J connectivity index is 1.85. The molecule has 0 aliphatic carbocycles. The first-order chi connectivity index (χ1) is 11.5. The van der Waals surface area contributed by atoms with E-state index in [4.69, 9.17) is 4.74 Å². The number of anilines is 1. The zero-order chi connectivity index (χ0) is 17.3. The van der Waals surface area contributed by atoms with Gasteiger partial charge in [0, 0.05) is 31.6 Å². The van der Waals surface area contributed by atoms with E-state index in [0.717, 1.165) is 5.56 Å². The van der Waals surface area contributed by atoms with Crippen LogP contribution in [0.15, 0.2) is 34.8 Å². The Labute approximate surface area is 144 Å². The molecule has 1 aliphatic heterocycles. The van der Waals surface area contributed by atoms with Crippen LogP contribution in [0.2, 0.25) is 0 Å². The molecule has 7 heteroatoms. The first-order valence-corrected chi connectivity index (χ1v) is 8.51. The number of hydrogen-bond acceptors (Lipinski definition) is 4. The molecule has 1 atom stereocenters. The molecular weight excluding hydrogens is 326 g/mol. The first kappa shape index (κ1) is 16.4. The standard InChI is InChI=1S/C17H19N3O3S/c1-11-4-5-14(23-3)13(8-11)20-10-12(9-15(20)21)16(22)18-17-19(2)6-7-24-17/h4-8,12H,9-10H2,1-3H3. The minimum atomic E-state index is -0.426. The molecule has 24 heavy (non-hydrogen) atoms. The maximum Gasteiger partial charge on any atom is 0.253 e. The molecule has 1 aliphatic rings. The summed E-state index contributed by atoms with van der Waals surface area (Å²) in [5.74, 6) is -0.132. The molecular formula is C17H19N3O3S. The van der Waals surface area contributed by atoms with Crippen molar-refractivity contribution in [2.45, 2.75) is 13.3 Å². The van der Waals surface area contributed by atoms with Crippen LogP contribution in [0.3, 0.4) is 0 Å². The lowest BCUT2D eigenvalue weighted by Crippen LogP contribution is -2.26. The van der Waals surface area contributed by atoms with Crippen molar-refractivity contribution >= 4 is 28.8 Å². The Kier molecular flexibility index (Phi) is 4.53. The largest absolute Gasteiger partial charge is 0.495 e. The van der Waals surface area contributed by atoms with Gasteiger partial charge in [-0.2, -0.15) is 4.99 Å². The molecule has 1 unspecified atom stereocenters. The third kappa shape index (κ3) is 3.12. The Morgan fingerprint density at radius 1 is 1.42 bits per heavy atom. The quantitative estimate of drug-likeness (QED) is 0.853. The molecule has 1 fully saturated rings. The number of aryl methyl sites for hydroxylation is 2. The lowest BCUT2D eigenvalue weighted by atomic mass is 10.1. The second-order valence-corrected chi connectivity index (χ2v) is 6.70. The van der Waals surface area contributed by atoms with E-state index in [9.17, 15) is 9.59 Å². The minimum absolute atomic E-state index is 0.0806. The van der Waals surface area contributed by atoms with Crippen molar-refractivity contribution in [2.75, 3.05) is 18.6 Å². The average Bonchev–Trinajstić information content (AvgIpc) is 3.13. The van der Waals surface area contributed by atoms with Gasteiger partial charge in [0.2, 0.25) is 5.91 Å². The van der Waals surface area contributed by atoms with E-state index >= 15 is 0 Å². The Hall–Kier alpha value is -2.41. The number of aromatic nitrogens is 1. The highest BCUT2D eigenvalue weighted by Gasteiger charge is 2.36. The van der Waals surface area contributed by atoms with Gasteiger partial charge in [-0.25, -0.2) is 0 Å². The van der Waals surface area contributed by atoms with Gasteiger partial charge in [0.25, 0.3) is 5.91 Å². The van der Waals surface area contributed by atoms with Crippen molar-refractivity contribution in [3.8, 4) is 5.75 Å². The maximum atomic E-state index is 12.4. The van der Waals surface area contributed by atoms with Gasteiger partial charge < -0.3 is 14.2 Å². The summed E-state index contributed by atoms with van der Waals surface area (Å²) in [4.78, 5) is 31.3.